The highest BCUT2D eigenvalue weighted by molar-refractivity contribution is 9.12. The monoisotopic (exact) mass is 398 g/mol. The van der Waals surface area contributed by atoms with Gasteiger partial charge in [0.15, 0.2) is 11.6 Å². The second kappa shape index (κ2) is 4.77. The third-order valence-corrected chi connectivity index (χ3v) is 8.28. The Labute approximate surface area is 135 Å². The Balaban J connectivity index is 2.20. The van der Waals surface area contributed by atoms with Gasteiger partial charge in [-0.05, 0) is 12.3 Å². The summed E-state index contributed by atoms with van der Waals surface area (Å²) in [5.74, 6) is 0.126. The van der Waals surface area contributed by atoms with Crippen molar-refractivity contribution in [2.24, 2.45) is 17.3 Å². The maximum Gasteiger partial charge on any atom is 0.170 e. The fourth-order valence-corrected chi connectivity index (χ4v) is 5.28. The van der Waals surface area contributed by atoms with Gasteiger partial charge in [-0.3, -0.25) is 9.59 Å². The van der Waals surface area contributed by atoms with E-state index in [0.29, 0.717) is 17.5 Å². The molecular weight excluding hydrogens is 384 g/mol. The van der Waals surface area contributed by atoms with Crippen molar-refractivity contribution in [1.29, 1.82) is 0 Å². The van der Waals surface area contributed by atoms with Crippen LogP contribution in [-0.4, -0.2) is 21.2 Å². The van der Waals surface area contributed by atoms with E-state index in [1.165, 1.54) is 0 Å². The number of rotatable bonds is 0. The van der Waals surface area contributed by atoms with E-state index >= 15 is 0 Å². The van der Waals surface area contributed by atoms with Gasteiger partial charge >= 0.3 is 0 Å². The quantitative estimate of drug-likeness (QED) is 0.611. The predicted octanol–water partition coefficient (Wildman–Crippen LogP) is 4.25. The number of alkyl halides is 2. The van der Waals surface area contributed by atoms with E-state index < -0.39 is 5.41 Å². The molecule has 4 heteroatoms. The average molecular weight is 400 g/mol. The summed E-state index contributed by atoms with van der Waals surface area (Å²) in [4.78, 5) is 26.2. The minimum atomic E-state index is -0.607. The third kappa shape index (κ3) is 1.73. The summed E-state index contributed by atoms with van der Waals surface area (Å²) in [5, 5.41) is 0. The van der Waals surface area contributed by atoms with Crippen LogP contribution in [0.3, 0.4) is 0 Å². The van der Waals surface area contributed by atoms with Crippen LogP contribution in [0.4, 0.5) is 0 Å². The van der Waals surface area contributed by atoms with Crippen LogP contribution in [0.5, 0.6) is 0 Å². The summed E-state index contributed by atoms with van der Waals surface area (Å²) in [5.41, 5.74) is 0.583. The molecule has 1 fully saturated rings. The highest BCUT2D eigenvalue weighted by Crippen LogP contribution is 2.54. The number of halogens is 2. The van der Waals surface area contributed by atoms with Crippen LogP contribution in [0, 0.1) is 17.3 Å². The van der Waals surface area contributed by atoms with Crippen LogP contribution in [0.1, 0.15) is 41.0 Å². The number of ketones is 2. The zero-order valence-electron chi connectivity index (χ0n) is 11.4. The fraction of sp³-hybridized carbons (Fsp3) is 0.500. The number of Topliss-reactive ketones (excluding diaryl/α,β-unsaturated/α-hetero) is 2. The van der Waals surface area contributed by atoms with Gasteiger partial charge in [0.2, 0.25) is 0 Å². The maximum atomic E-state index is 13.0. The van der Waals surface area contributed by atoms with Gasteiger partial charge in [0, 0.05) is 32.1 Å². The molecule has 5 atom stereocenters. The molecule has 2 nitrogen and oxygen atoms in total. The molecule has 106 valence electrons. The summed E-state index contributed by atoms with van der Waals surface area (Å²) in [6.45, 7) is 4.03. The lowest BCUT2D eigenvalue weighted by Crippen LogP contribution is -2.56. The highest BCUT2D eigenvalue weighted by atomic mass is 79.9. The zero-order chi connectivity index (χ0) is 14.7. The van der Waals surface area contributed by atoms with Gasteiger partial charge in [0.05, 0.1) is 0 Å². The van der Waals surface area contributed by atoms with Crippen molar-refractivity contribution in [1.82, 2.24) is 0 Å². The van der Waals surface area contributed by atoms with Gasteiger partial charge in [0.1, 0.15) is 0 Å². The first kappa shape index (κ1) is 14.5. The average Bonchev–Trinajstić information content (AvgIpc) is 2.46. The Bertz CT molecular complexity index is 598. The molecule has 0 heterocycles. The Morgan fingerprint density at radius 2 is 1.75 bits per heavy atom. The number of carbonyl (C=O) groups is 2. The molecule has 0 aromatic heterocycles. The summed E-state index contributed by atoms with van der Waals surface area (Å²) < 4.78 is 0. The minimum absolute atomic E-state index is 0.107. The van der Waals surface area contributed by atoms with E-state index in [2.05, 4.69) is 38.8 Å². The van der Waals surface area contributed by atoms with Crippen molar-refractivity contribution in [2.75, 3.05) is 0 Å². The highest BCUT2D eigenvalue weighted by Gasteiger charge is 2.58. The molecule has 0 bridgehead atoms. The van der Waals surface area contributed by atoms with Crippen LogP contribution in [-0.2, 0) is 0 Å². The molecule has 0 radical (unpaired) electrons. The van der Waals surface area contributed by atoms with Crippen LogP contribution in [0.25, 0.3) is 0 Å². The molecule has 0 saturated heterocycles. The smallest absolute Gasteiger partial charge is 0.170 e. The molecule has 3 rings (SSSR count). The first-order valence-corrected chi connectivity index (χ1v) is 8.68. The van der Waals surface area contributed by atoms with Crippen molar-refractivity contribution in [3.63, 3.8) is 0 Å². The molecule has 1 aromatic carbocycles. The lowest BCUT2D eigenvalue weighted by molar-refractivity contribution is 0.0337. The largest absolute Gasteiger partial charge is 0.294 e. The Hall–Kier alpha value is -0.480. The molecule has 1 saturated carbocycles. The molecule has 0 aliphatic heterocycles. The zero-order valence-corrected chi connectivity index (χ0v) is 14.6. The predicted molar refractivity (Wildman–Crippen MR) is 85.9 cm³/mol. The van der Waals surface area contributed by atoms with E-state index in [1.807, 2.05) is 19.1 Å². The van der Waals surface area contributed by atoms with Crippen LogP contribution in [0.2, 0.25) is 0 Å². The lowest BCUT2D eigenvalue weighted by Gasteiger charge is -2.50. The topological polar surface area (TPSA) is 34.1 Å². The number of hydrogen-bond donors (Lipinski definition) is 0. The van der Waals surface area contributed by atoms with Crippen molar-refractivity contribution >= 4 is 43.4 Å². The second-order valence-electron chi connectivity index (χ2n) is 6.06. The summed E-state index contributed by atoms with van der Waals surface area (Å²) in [7, 11) is 0. The second-order valence-corrected chi connectivity index (χ2v) is 8.29. The molecule has 2 aliphatic carbocycles. The summed E-state index contributed by atoms with van der Waals surface area (Å²) in [6.07, 6.45) is 0.704. The van der Waals surface area contributed by atoms with Gasteiger partial charge in [-0.1, -0.05) is 70.0 Å². The Morgan fingerprint density at radius 3 is 2.40 bits per heavy atom. The van der Waals surface area contributed by atoms with Crippen molar-refractivity contribution in [2.45, 2.75) is 29.9 Å². The van der Waals surface area contributed by atoms with Crippen LogP contribution >= 0.6 is 31.9 Å². The van der Waals surface area contributed by atoms with Crippen molar-refractivity contribution < 1.29 is 9.59 Å². The van der Waals surface area contributed by atoms with Gasteiger partial charge in [-0.25, -0.2) is 0 Å². The normalized spacial score (nSPS) is 40.2. The van der Waals surface area contributed by atoms with E-state index in [0.717, 1.165) is 0 Å². The fourth-order valence-electron chi connectivity index (χ4n) is 3.68. The van der Waals surface area contributed by atoms with Gasteiger partial charge in [-0.15, -0.1) is 0 Å². The molecule has 20 heavy (non-hydrogen) atoms. The van der Waals surface area contributed by atoms with Gasteiger partial charge in [-0.2, -0.15) is 0 Å². The van der Waals surface area contributed by atoms with Gasteiger partial charge < -0.3 is 0 Å². The summed E-state index contributed by atoms with van der Waals surface area (Å²) in [6, 6.07) is 7.23. The molecule has 2 aliphatic rings. The first-order chi connectivity index (χ1) is 9.39. The molecule has 0 N–H and O–H groups in total. The molecule has 0 spiro atoms. The third-order valence-electron chi connectivity index (χ3n) is 5.20. The molecule has 0 amide bonds. The Kier molecular flexibility index (Phi) is 3.45. The van der Waals surface area contributed by atoms with Crippen LogP contribution < -0.4 is 0 Å². The van der Waals surface area contributed by atoms with E-state index in [9.17, 15) is 9.59 Å². The maximum absolute atomic E-state index is 13.0. The number of benzene rings is 1. The standard InChI is InChI=1S/C16H16Br2O2/c1-8-13(18)12(17)7-11-14(19)9-5-3-4-6-10(9)15(20)16(8,11)2/h3-6,8,11-13H,7H2,1-2H3/t8-,11+,12?,13?,16-/m1/s1. The van der Waals surface area contributed by atoms with Crippen molar-refractivity contribution in [3.8, 4) is 0 Å². The molecule has 2 unspecified atom stereocenters. The van der Waals surface area contributed by atoms with Crippen LogP contribution in [0.15, 0.2) is 24.3 Å². The molecule has 1 aromatic rings. The van der Waals surface area contributed by atoms with Crippen molar-refractivity contribution in [3.05, 3.63) is 35.4 Å². The van der Waals surface area contributed by atoms with E-state index in [4.69, 9.17) is 0 Å². The van der Waals surface area contributed by atoms with E-state index in [-0.39, 0.29) is 33.1 Å². The minimum Gasteiger partial charge on any atom is -0.294 e. The van der Waals surface area contributed by atoms with Gasteiger partial charge in [0.25, 0.3) is 0 Å². The number of hydrogen-bond acceptors (Lipinski definition) is 2. The summed E-state index contributed by atoms with van der Waals surface area (Å²) >= 11 is 7.35. The van der Waals surface area contributed by atoms with E-state index in [1.54, 1.807) is 12.1 Å². The first-order valence-electron chi connectivity index (χ1n) is 6.85. The lowest BCUT2D eigenvalue weighted by atomic mass is 9.54. The SMILES string of the molecule is C[C@@H]1C(Br)C(Br)C[C@H]2C(=O)c3ccccc3C(=O)[C@]12C. The number of carbonyl (C=O) groups excluding carboxylic acids is 2. The number of fused-ring (bicyclic) bond motifs is 2. The Morgan fingerprint density at radius 1 is 1.15 bits per heavy atom. The molecular formula is C16H16Br2O2.